The average Bonchev–Trinajstić information content (AvgIpc) is 3.04. The Labute approximate surface area is 157 Å². The van der Waals surface area contributed by atoms with Crippen LogP contribution in [0.1, 0.15) is 26.7 Å². The Morgan fingerprint density at radius 2 is 1.93 bits per heavy atom. The van der Waals surface area contributed by atoms with Gasteiger partial charge in [0.1, 0.15) is 24.4 Å². The SMILES string of the molecule is CCOC(=O)C1=CO[C@@H](O[C@@H]2O[C@H](CO)[C@@H](O)[C@H](O)[C@H]2O)[C@H]2[C@@H]1CC[C@@H]2C. The van der Waals surface area contributed by atoms with E-state index in [1.54, 1.807) is 6.92 Å². The van der Waals surface area contributed by atoms with E-state index in [9.17, 15) is 25.2 Å². The van der Waals surface area contributed by atoms with Crippen molar-refractivity contribution in [2.45, 2.75) is 63.7 Å². The molecule has 9 nitrogen and oxygen atoms in total. The lowest BCUT2D eigenvalue weighted by molar-refractivity contribution is -0.342. The van der Waals surface area contributed by atoms with Crippen molar-refractivity contribution >= 4 is 5.97 Å². The Kier molecular flexibility index (Phi) is 6.39. The summed E-state index contributed by atoms with van der Waals surface area (Å²) < 4.78 is 21.9. The summed E-state index contributed by atoms with van der Waals surface area (Å²) in [5.41, 5.74) is 0.472. The van der Waals surface area contributed by atoms with Gasteiger partial charge in [-0.2, -0.15) is 0 Å². The highest BCUT2D eigenvalue weighted by Crippen LogP contribution is 2.47. The first-order valence-electron chi connectivity index (χ1n) is 9.37. The minimum atomic E-state index is -1.52. The fourth-order valence-corrected chi connectivity index (χ4v) is 4.21. The quantitative estimate of drug-likeness (QED) is 0.450. The molecule has 0 aromatic rings. The van der Waals surface area contributed by atoms with Gasteiger partial charge in [-0.25, -0.2) is 4.79 Å². The number of hydrogen-bond donors (Lipinski definition) is 4. The number of rotatable bonds is 5. The van der Waals surface area contributed by atoms with Gasteiger partial charge < -0.3 is 39.4 Å². The molecule has 9 atom stereocenters. The van der Waals surface area contributed by atoms with Gasteiger partial charge in [0, 0.05) is 11.8 Å². The highest BCUT2D eigenvalue weighted by atomic mass is 16.8. The minimum absolute atomic E-state index is 0.0947. The summed E-state index contributed by atoms with van der Waals surface area (Å²) in [5, 5.41) is 39.3. The fraction of sp³-hybridized carbons (Fsp3) is 0.833. The molecule has 2 aliphatic heterocycles. The van der Waals surface area contributed by atoms with Crippen molar-refractivity contribution in [3.63, 3.8) is 0 Å². The van der Waals surface area contributed by atoms with Gasteiger partial charge in [-0.05, 0) is 25.7 Å². The summed E-state index contributed by atoms with van der Waals surface area (Å²) in [7, 11) is 0. The number of aliphatic hydroxyl groups excluding tert-OH is 4. The number of carbonyl (C=O) groups is 1. The molecular formula is C18H28O9. The first-order valence-corrected chi connectivity index (χ1v) is 9.37. The van der Waals surface area contributed by atoms with Gasteiger partial charge >= 0.3 is 5.97 Å². The van der Waals surface area contributed by atoms with E-state index in [1.807, 2.05) is 6.92 Å². The molecule has 0 aromatic heterocycles. The maximum absolute atomic E-state index is 12.2. The maximum atomic E-state index is 12.2. The Hall–Kier alpha value is -1.23. The lowest BCUT2D eigenvalue weighted by Crippen LogP contribution is -2.60. The number of ether oxygens (including phenoxy) is 4. The summed E-state index contributed by atoms with van der Waals surface area (Å²) in [6.07, 6.45) is -4.61. The van der Waals surface area contributed by atoms with Crippen LogP contribution in [0.25, 0.3) is 0 Å². The molecule has 0 unspecified atom stereocenters. The summed E-state index contributed by atoms with van der Waals surface area (Å²) >= 11 is 0. The standard InChI is InChI=1S/C18H28O9/c1-3-24-16(23)10-7-25-17(12-8(2)4-5-9(10)12)27-18-15(22)14(21)13(20)11(6-19)26-18/h7-9,11-15,17-22H,3-6H2,1-2H3/t8-,9+,11+,12+,13+,14-,15+,17-,18-/m0/s1. The topological polar surface area (TPSA) is 135 Å². The molecule has 0 aromatic carbocycles. The van der Waals surface area contributed by atoms with E-state index in [2.05, 4.69) is 0 Å². The van der Waals surface area contributed by atoms with Crippen LogP contribution in [0.3, 0.4) is 0 Å². The van der Waals surface area contributed by atoms with Crippen LogP contribution < -0.4 is 0 Å². The number of fused-ring (bicyclic) bond motifs is 1. The van der Waals surface area contributed by atoms with E-state index < -0.39 is 49.6 Å². The predicted octanol–water partition coefficient (Wildman–Crippen LogP) is -0.731. The fourth-order valence-electron chi connectivity index (χ4n) is 4.21. The smallest absolute Gasteiger partial charge is 0.337 e. The van der Waals surface area contributed by atoms with Crippen molar-refractivity contribution in [2.24, 2.45) is 17.8 Å². The molecule has 154 valence electrons. The third kappa shape index (κ3) is 3.85. The molecule has 0 amide bonds. The van der Waals surface area contributed by atoms with E-state index in [0.29, 0.717) is 5.57 Å². The Morgan fingerprint density at radius 3 is 2.59 bits per heavy atom. The monoisotopic (exact) mass is 388 g/mol. The third-order valence-corrected chi connectivity index (χ3v) is 5.73. The number of esters is 1. The largest absolute Gasteiger partial charge is 0.472 e. The normalized spacial score (nSPS) is 44.2. The average molecular weight is 388 g/mol. The van der Waals surface area contributed by atoms with E-state index in [0.717, 1.165) is 12.8 Å². The zero-order valence-corrected chi connectivity index (χ0v) is 15.4. The zero-order valence-electron chi connectivity index (χ0n) is 15.4. The highest BCUT2D eigenvalue weighted by Gasteiger charge is 2.50. The van der Waals surface area contributed by atoms with Gasteiger partial charge in [0.25, 0.3) is 0 Å². The van der Waals surface area contributed by atoms with Crippen molar-refractivity contribution in [3.05, 3.63) is 11.8 Å². The lowest BCUT2D eigenvalue weighted by Gasteiger charge is -2.43. The molecule has 27 heavy (non-hydrogen) atoms. The highest BCUT2D eigenvalue weighted by molar-refractivity contribution is 5.89. The maximum Gasteiger partial charge on any atom is 0.337 e. The Balaban J connectivity index is 1.76. The summed E-state index contributed by atoms with van der Waals surface area (Å²) in [5.74, 6) is -0.458. The molecule has 2 fully saturated rings. The van der Waals surface area contributed by atoms with E-state index in [1.165, 1.54) is 6.26 Å². The summed E-state index contributed by atoms with van der Waals surface area (Å²) in [4.78, 5) is 12.2. The molecule has 2 heterocycles. The van der Waals surface area contributed by atoms with Crippen LogP contribution in [-0.4, -0.2) is 76.6 Å². The van der Waals surface area contributed by atoms with Crippen molar-refractivity contribution in [3.8, 4) is 0 Å². The van der Waals surface area contributed by atoms with Gasteiger partial charge in [0.05, 0.1) is 25.0 Å². The molecule has 3 aliphatic rings. The molecule has 3 rings (SSSR count). The van der Waals surface area contributed by atoms with Crippen LogP contribution in [0, 0.1) is 17.8 Å². The van der Waals surface area contributed by atoms with Crippen molar-refractivity contribution in [1.82, 2.24) is 0 Å². The Bertz CT molecular complexity index is 563. The second-order valence-electron chi connectivity index (χ2n) is 7.37. The molecule has 4 N–H and O–H groups in total. The summed E-state index contributed by atoms with van der Waals surface area (Å²) in [6.45, 7) is 3.51. The van der Waals surface area contributed by atoms with Gasteiger partial charge in [-0.1, -0.05) is 6.92 Å². The molecule has 1 aliphatic carbocycles. The lowest BCUT2D eigenvalue weighted by atomic mass is 9.83. The first kappa shape index (κ1) is 20.5. The van der Waals surface area contributed by atoms with E-state index in [4.69, 9.17) is 18.9 Å². The number of hydrogen-bond acceptors (Lipinski definition) is 9. The minimum Gasteiger partial charge on any atom is -0.472 e. The van der Waals surface area contributed by atoms with Gasteiger partial charge in [-0.15, -0.1) is 0 Å². The predicted molar refractivity (Wildman–Crippen MR) is 89.8 cm³/mol. The van der Waals surface area contributed by atoms with Crippen LogP contribution in [0.15, 0.2) is 11.8 Å². The van der Waals surface area contributed by atoms with Crippen LogP contribution in [-0.2, 0) is 23.7 Å². The van der Waals surface area contributed by atoms with Gasteiger partial charge in [-0.3, -0.25) is 0 Å². The third-order valence-electron chi connectivity index (χ3n) is 5.73. The first-order chi connectivity index (χ1) is 12.9. The number of aliphatic hydroxyl groups is 4. The molecule has 1 saturated heterocycles. The second kappa shape index (κ2) is 8.42. The summed E-state index contributed by atoms with van der Waals surface area (Å²) in [6, 6.07) is 0. The van der Waals surface area contributed by atoms with Crippen LogP contribution in [0.4, 0.5) is 0 Å². The second-order valence-corrected chi connectivity index (χ2v) is 7.37. The van der Waals surface area contributed by atoms with Crippen molar-refractivity contribution in [2.75, 3.05) is 13.2 Å². The molecule has 9 heteroatoms. The molecule has 0 radical (unpaired) electrons. The molecular weight excluding hydrogens is 360 g/mol. The van der Waals surface area contributed by atoms with E-state index in [-0.39, 0.29) is 24.4 Å². The number of carbonyl (C=O) groups excluding carboxylic acids is 1. The van der Waals surface area contributed by atoms with Crippen LogP contribution in [0.2, 0.25) is 0 Å². The van der Waals surface area contributed by atoms with E-state index >= 15 is 0 Å². The molecule has 1 saturated carbocycles. The zero-order chi connectivity index (χ0) is 19.7. The van der Waals surface area contributed by atoms with Crippen LogP contribution >= 0.6 is 0 Å². The van der Waals surface area contributed by atoms with Gasteiger partial charge in [0.15, 0.2) is 6.29 Å². The van der Waals surface area contributed by atoms with Crippen molar-refractivity contribution < 1.29 is 44.2 Å². The van der Waals surface area contributed by atoms with Crippen LogP contribution in [0.5, 0.6) is 0 Å². The van der Waals surface area contributed by atoms with Gasteiger partial charge in [0.2, 0.25) is 6.29 Å². The Morgan fingerprint density at radius 1 is 1.19 bits per heavy atom. The van der Waals surface area contributed by atoms with Crippen molar-refractivity contribution in [1.29, 1.82) is 0 Å². The molecule has 0 bridgehead atoms. The molecule has 0 spiro atoms.